The van der Waals surface area contributed by atoms with Crippen LogP contribution >= 0.6 is 12.2 Å². The SMILES string of the molecule is NC(=S)c1ccnc(NC2CCCCCC2O)c1. The normalized spacial score (nSPS) is 24.3. The Morgan fingerprint density at radius 1 is 1.39 bits per heavy atom. The minimum atomic E-state index is -0.303. The highest BCUT2D eigenvalue weighted by Crippen LogP contribution is 2.21. The van der Waals surface area contributed by atoms with E-state index in [1.165, 1.54) is 6.42 Å². The van der Waals surface area contributed by atoms with Crippen LogP contribution in [-0.4, -0.2) is 27.2 Å². The number of pyridine rings is 1. The van der Waals surface area contributed by atoms with Crippen molar-refractivity contribution >= 4 is 23.0 Å². The van der Waals surface area contributed by atoms with Gasteiger partial charge in [0, 0.05) is 11.8 Å². The van der Waals surface area contributed by atoms with Gasteiger partial charge >= 0.3 is 0 Å². The minimum Gasteiger partial charge on any atom is -0.391 e. The maximum absolute atomic E-state index is 10.0. The second kappa shape index (κ2) is 6.11. The number of rotatable bonds is 3. The fraction of sp³-hybridized carbons (Fsp3) is 0.538. The van der Waals surface area contributed by atoms with Gasteiger partial charge < -0.3 is 16.2 Å². The Kier molecular flexibility index (Phi) is 4.49. The van der Waals surface area contributed by atoms with Gasteiger partial charge in [-0.05, 0) is 25.0 Å². The predicted molar refractivity (Wildman–Crippen MR) is 76.6 cm³/mol. The predicted octanol–water partition coefficient (Wildman–Crippen LogP) is 1.82. The van der Waals surface area contributed by atoms with Crippen molar-refractivity contribution in [2.75, 3.05) is 5.32 Å². The van der Waals surface area contributed by atoms with Crippen LogP contribution in [0.1, 0.15) is 37.7 Å². The van der Waals surface area contributed by atoms with Gasteiger partial charge in [-0.2, -0.15) is 0 Å². The van der Waals surface area contributed by atoms with Crippen molar-refractivity contribution in [1.82, 2.24) is 4.98 Å². The minimum absolute atomic E-state index is 0.0709. The van der Waals surface area contributed by atoms with Crippen molar-refractivity contribution in [2.24, 2.45) is 5.73 Å². The molecule has 0 aromatic carbocycles. The van der Waals surface area contributed by atoms with E-state index in [9.17, 15) is 5.11 Å². The highest BCUT2D eigenvalue weighted by molar-refractivity contribution is 7.80. The molecule has 2 unspecified atom stereocenters. The second-order valence-electron chi connectivity index (χ2n) is 4.75. The number of aliphatic hydroxyl groups is 1. The van der Waals surface area contributed by atoms with Crippen LogP contribution in [0.25, 0.3) is 0 Å². The number of nitrogens with one attached hydrogen (secondary N) is 1. The summed E-state index contributed by atoms with van der Waals surface area (Å²) in [5.41, 5.74) is 6.39. The molecular weight excluding hydrogens is 246 g/mol. The van der Waals surface area contributed by atoms with Crippen molar-refractivity contribution in [2.45, 2.75) is 44.2 Å². The van der Waals surface area contributed by atoms with Crippen molar-refractivity contribution in [3.8, 4) is 0 Å². The Morgan fingerprint density at radius 2 is 2.17 bits per heavy atom. The van der Waals surface area contributed by atoms with E-state index in [1.807, 2.05) is 6.07 Å². The first kappa shape index (κ1) is 13.2. The molecule has 1 aliphatic rings. The molecule has 1 aromatic heterocycles. The highest BCUT2D eigenvalue weighted by Gasteiger charge is 2.21. The van der Waals surface area contributed by atoms with Crippen LogP contribution in [0.4, 0.5) is 5.82 Å². The van der Waals surface area contributed by atoms with E-state index in [4.69, 9.17) is 18.0 Å². The summed E-state index contributed by atoms with van der Waals surface area (Å²) in [6.45, 7) is 0. The Balaban J connectivity index is 2.07. The number of anilines is 1. The van der Waals surface area contributed by atoms with Gasteiger partial charge in [0.2, 0.25) is 0 Å². The zero-order valence-corrected chi connectivity index (χ0v) is 11.1. The van der Waals surface area contributed by atoms with Crippen LogP contribution in [-0.2, 0) is 0 Å². The molecule has 0 radical (unpaired) electrons. The molecule has 98 valence electrons. The third kappa shape index (κ3) is 3.40. The van der Waals surface area contributed by atoms with Gasteiger partial charge in [0.15, 0.2) is 0 Å². The van der Waals surface area contributed by atoms with E-state index in [0.29, 0.717) is 4.99 Å². The van der Waals surface area contributed by atoms with Crippen LogP contribution in [0.2, 0.25) is 0 Å². The second-order valence-corrected chi connectivity index (χ2v) is 5.19. The molecule has 18 heavy (non-hydrogen) atoms. The Morgan fingerprint density at radius 3 is 2.94 bits per heavy atom. The summed E-state index contributed by atoms with van der Waals surface area (Å²) in [5.74, 6) is 0.728. The molecule has 0 saturated heterocycles. The number of hydrogen-bond acceptors (Lipinski definition) is 4. The van der Waals surface area contributed by atoms with Gasteiger partial charge in [0.05, 0.1) is 12.1 Å². The fourth-order valence-electron chi connectivity index (χ4n) is 2.31. The fourth-order valence-corrected chi connectivity index (χ4v) is 2.44. The maximum Gasteiger partial charge on any atom is 0.126 e. The zero-order chi connectivity index (χ0) is 13.0. The van der Waals surface area contributed by atoms with E-state index in [-0.39, 0.29) is 12.1 Å². The van der Waals surface area contributed by atoms with Gasteiger partial charge in [-0.25, -0.2) is 4.98 Å². The lowest BCUT2D eigenvalue weighted by molar-refractivity contribution is 0.144. The van der Waals surface area contributed by atoms with Crippen molar-refractivity contribution < 1.29 is 5.11 Å². The first-order valence-electron chi connectivity index (χ1n) is 6.37. The van der Waals surface area contributed by atoms with E-state index >= 15 is 0 Å². The first-order valence-corrected chi connectivity index (χ1v) is 6.78. The molecule has 0 aliphatic heterocycles. The molecule has 2 rings (SSSR count). The smallest absolute Gasteiger partial charge is 0.126 e. The lowest BCUT2D eigenvalue weighted by Crippen LogP contribution is -2.32. The van der Waals surface area contributed by atoms with E-state index in [2.05, 4.69) is 10.3 Å². The van der Waals surface area contributed by atoms with Gasteiger partial charge in [-0.15, -0.1) is 0 Å². The number of hydrogen-bond donors (Lipinski definition) is 3. The molecule has 0 spiro atoms. The van der Waals surface area contributed by atoms with Crippen LogP contribution in [0.3, 0.4) is 0 Å². The monoisotopic (exact) mass is 265 g/mol. The third-order valence-corrected chi connectivity index (χ3v) is 3.59. The number of aromatic nitrogens is 1. The molecule has 4 N–H and O–H groups in total. The van der Waals surface area contributed by atoms with Gasteiger partial charge in [-0.1, -0.05) is 31.5 Å². The van der Waals surface area contributed by atoms with Gasteiger partial charge in [0.1, 0.15) is 10.8 Å². The van der Waals surface area contributed by atoms with Crippen molar-refractivity contribution in [3.05, 3.63) is 23.9 Å². The third-order valence-electron chi connectivity index (χ3n) is 3.36. The summed E-state index contributed by atoms with van der Waals surface area (Å²) >= 11 is 4.94. The van der Waals surface area contributed by atoms with Gasteiger partial charge in [-0.3, -0.25) is 0 Å². The summed E-state index contributed by atoms with van der Waals surface area (Å²) in [6, 6.07) is 3.69. The average Bonchev–Trinajstić information content (AvgIpc) is 2.55. The molecule has 1 heterocycles. The Hall–Kier alpha value is -1.20. The molecule has 1 aromatic rings. The van der Waals surface area contributed by atoms with Crippen LogP contribution < -0.4 is 11.1 Å². The molecule has 1 aliphatic carbocycles. The first-order chi connectivity index (χ1) is 8.66. The number of nitrogens with zero attached hydrogens (tertiary/aromatic N) is 1. The molecule has 0 bridgehead atoms. The zero-order valence-electron chi connectivity index (χ0n) is 10.3. The number of nitrogens with two attached hydrogens (primary N) is 1. The summed E-state index contributed by atoms with van der Waals surface area (Å²) < 4.78 is 0. The molecule has 0 amide bonds. The summed E-state index contributed by atoms with van der Waals surface area (Å²) in [4.78, 5) is 4.61. The molecule has 1 saturated carbocycles. The quantitative estimate of drug-likeness (QED) is 0.574. The molecular formula is C13H19N3OS. The van der Waals surface area contributed by atoms with Gasteiger partial charge in [0.25, 0.3) is 0 Å². The van der Waals surface area contributed by atoms with Crippen LogP contribution in [0.5, 0.6) is 0 Å². The van der Waals surface area contributed by atoms with E-state index < -0.39 is 0 Å². The van der Waals surface area contributed by atoms with Crippen molar-refractivity contribution in [1.29, 1.82) is 0 Å². The number of aliphatic hydroxyl groups excluding tert-OH is 1. The van der Waals surface area contributed by atoms with Crippen LogP contribution in [0, 0.1) is 0 Å². The standard InChI is InChI=1S/C13H19N3OS/c14-13(18)9-6-7-15-12(8-9)16-10-4-2-1-3-5-11(10)17/h6-8,10-11,17H,1-5H2,(H2,14,18)(H,15,16). The van der Waals surface area contributed by atoms with Crippen molar-refractivity contribution in [3.63, 3.8) is 0 Å². The lowest BCUT2D eigenvalue weighted by atomic mass is 10.1. The van der Waals surface area contributed by atoms with E-state index in [1.54, 1.807) is 12.3 Å². The molecule has 5 heteroatoms. The van der Waals surface area contributed by atoms with E-state index in [0.717, 1.165) is 37.1 Å². The Labute approximate surface area is 113 Å². The summed E-state index contributed by atoms with van der Waals surface area (Å²) in [7, 11) is 0. The summed E-state index contributed by atoms with van der Waals surface area (Å²) in [6.07, 6.45) is 6.63. The molecule has 2 atom stereocenters. The highest BCUT2D eigenvalue weighted by atomic mass is 32.1. The average molecular weight is 265 g/mol. The topological polar surface area (TPSA) is 71.2 Å². The molecule has 4 nitrogen and oxygen atoms in total. The van der Waals surface area contributed by atoms with Crippen LogP contribution in [0.15, 0.2) is 18.3 Å². The maximum atomic E-state index is 10.0. The largest absolute Gasteiger partial charge is 0.391 e. The summed E-state index contributed by atoms with van der Waals surface area (Å²) in [5, 5.41) is 13.3. The lowest BCUT2D eigenvalue weighted by Gasteiger charge is -2.22. The molecule has 1 fully saturated rings. The number of thiocarbonyl (C=S) groups is 1. The Bertz CT molecular complexity index is 424.